The number of nitrogen functional groups attached to an aromatic ring is 1. The van der Waals surface area contributed by atoms with Gasteiger partial charge in [-0.2, -0.15) is 0 Å². The van der Waals surface area contributed by atoms with Gasteiger partial charge in [0.15, 0.2) is 11.5 Å². The Kier molecular flexibility index (Phi) is 3.76. The maximum atomic E-state index is 12.6. The normalized spacial score (nSPS) is 21.7. The van der Waals surface area contributed by atoms with E-state index in [0.717, 1.165) is 30.5 Å². The molecule has 4 rings (SSSR count). The Hall–Kier alpha value is -2.69. The van der Waals surface area contributed by atoms with E-state index in [1.54, 1.807) is 0 Å². The van der Waals surface area contributed by atoms with Gasteiger partial charge in [-0.25, -0.2) is 0 Å². The number of fused-ring (bicyclic) bond motifs is 2. The summed E-state index contributed by atoms with van der Waals surface area (Å²) in [6.07, 6.45) is 2.33. The van der Waals surface area contributed by atoms with Crippen molar-refractivity contribution in [3.8, 4) is 11.5 Å². The summed E-state index contributed by atoms with van der Waals surface area (Å²) in [5.41, 5.74) is 9.01. The molecule has 5 heteroatoms. The van der Waals surface area contributed by atoms with Crippen LogP contribution in [-0.2, 0) is 11.2 Å². The van der Waals surface area contributed by atoms with Crippen molar-refractivity contribution in [1.29, 1.82) is 0 Å². The number of amides is 1. The van der Waals surface area contributed by atoms with Crippen molar-refractivity contribution in [2.75, 3.05) is 12.3 Å². The maximum absolute atomic E-state index is 12.6. The van der Waals surface area contributed by atoms with Gasteiger partial charge < -0.3 is 20.5 Å². The summed E-state index contributed by atoms with van der Waals surface area (Å²) in [7, 11) is 0. The highest BCUT2D eigenvalue weighted by Crippen LogP contribution is 2.33. The smallest absolute Gasteiger partial charge is 0.265 e. The number of nitrogens with one attached hydrogen (secondary N) is 1. The molecule has 2 aliphatic rings. The van der Waals surface area contributed by atoms with E-state index in [-0.39, 0.29) is 18.6 Å². The van der Waals surface area contributed by atoms with Crippen LogP contribution in [0.15, 0.2) is 42.5 Å². The molecule has 2 unspecified atom stereocenters. The Labute approximate surface area is 140 Å². The van der Waals surface area contributed by atoms with Crippen molar-refractivity contribution in [2.45, 2.75) is 31.4 Å². The van der Waals surface area contributed by atoms with Crippen LogP contribution in [0.25, 0.3) is 0 Å². The van der Waals surface area contributed by atoms with E-state index in [4.69, 9.17) is 15.2 Å². The van der Waals surface area contributed by atoms with Crippen molar-refractivity contribution in [2.24, 2.45) is 0 Å². The molecule has 124 valence electrons. The average Bonchev–Trinajstić information content (AvgIpc) is 2.61. The zero-order valence-corrected chi connectivity index (χ0v) is 13.3. The minimum atomic E-state index is -0.626. The third kappa shape index (κ3) is 2.77. The number of ether oxygens (including phenoxy) is 2. The fourth-order valence-electron chi connectivity index (χ4n) is 3.40. The molecule has 2 atom stereocenters. The fourth-order valence-corrected chi connectivity index (χ4v) is 3.40. The molecule has 1 amide bonds. The highest BCUT2D eigenvalue weighted by atomic mass is 16.6. The van der Waals surface area contributed by atoms with E-state index in [2.05, 4.69) is 5.32 Å². The number of carbonyl (C=O) groups is 1. The highest BCUT2D eigenvalue weighted by molar-refractivity contribution is 5.82. The summed E-state index contributed by atoms with van der Waals surface area (Å²) in [6, 6.07) is 13.3. The highest BCUT2D eigenvalue weighted by Gasteiger charge is 2.30. The Bertz CT molecular complexity index is 775. The molecular weight excluding hydrogens is 304 g/mol. The quantitative estimate of drug-likeness (QED) is 0.833. The van der Waals surface area contributed by atoms with Gasteiger partial charge in [-0.1, -0.05) is 18.2 Å². The van der Waals surface area contributed by atoms with Gasteiger partial charge in [0, 0.05) is 5.69 Å². The third-order valence-electron chi connectivity index (χ3n) is 4.60. The number of nitrogens with two attached hydrogens (primary N) is 1. The summed E-state index contributed by atoms with van der Waals surface area (Å²) in [4.78, 5) is 12.6. The van der Waals surface area contributed by atoms with Crippen LogP contribution in [0.3, 0.4) is 0 Å². The molecule has 1 heterocycles. The van der Waals surface area contributed by atoms with Crippen molar-refractivity contribution in [3.05, 3.63) is 53.6 Å². The lowest BCUT2D eigenvalue weighted by molar-refractivity contribution is -0.131. The molecule has 5 nitrogen and oxygen atoms in total. The molecule has 0 aromatic heterocycles. The van der Waals surface area contributed by atoms with Crippen molar-refractivity contribution < 1.29 is 14.3 Å². The minimum Gasteiger partial charge on any atom is -0.485 e. The molecule has 0 spiro atoms. The fraction of sp³-hybridized carbons (Fsp3) is 0.316. The average molecular weight is 324 g/mol. The van der Waals surface area contributed by atoms with Gasteiger partial charge >= 0.3 is 0 Å². The molecule has 0 bridgehead atoms. The molecule has 2 aromatic rings. The Morgan fingerprint density at radius 3 is 2.88 bits per heavy atom. The predicted octanol–water partition coefficient (Wildman–Crippen LogP) is 2.60. The summed E-state index contributed by atoms with van der Waals surface area (Å²) in [5.74, 6) is 1.15. The summed E-state index contributed by atoms with van der Waals surface area (Å²) in [5, 5.41) is 3.11. The van der Waals surface area contributed by atoms with Gasteiger partial charge in [-0.05, 0) is 54.7 Å². The first kappa shape index (κ1) is 14.9. The van der Waals surface area contributed by atoms with Gasteiger partial charge in [-0.15, -0.1) is 0 Å². The Morgan fingerprint density at radius 1 is 1.17 bits per heavy atom. The maximum Gasteiger partial charge on any atom is 0.265 e. The van der Waals surface area contributed by atoms with Crippen molar-refractivity contribution in [1.82, 2.24) is 5.32 Å². The molecule has 1 aliphatic heterocycles. The monoisotopic (exact) mass is 324 g/mol. The third-order valence-corrected chi connectivity index (χ3v) is 4.60. The second kappa shape index (κ2) is 6.07. The van der Waals surface area contributed by atoms with Gasteiger partial charge in [0.1, 0.15) is 6.61 Å². The second-order valence-corrected chi connectivity index (χ2v) is 6.28. The number of aryl methyl sites for hydroxylation is 1. The van der Waals surface area contributed by atoms with E-state index in [0.29, 0.717) is 11.5 Å². The zero-order chi connectivity index (χ0) is 16.5. The molecule has 0 fully saturated rings. The van der Waals surface area contributed by atoms with Crippen LogP contribution in [-0.4, -0.2) is 18.6 Å². The van der Waals surface area contributed by atoms with E-state index in [1.165, 1.54) is 5.56 Å². The van der Waals surface area contributed by atoms with Gasteiger partial charge in [0.2, 0.25) is 6.10 Å². The first-order valence-electron chi connectivity index (χ1n) is 8.28. The van der Waals surface area contributed by atoms with Crippen LogP contribution >= 0.6 is 0 Å². The molecule has 2 aromatic carbocycles. The van der Waals surface area contributed by atoms with Gasteiger partial charge in [0.05, 0.1) is 6.04 Å². The Balaban J connectivity index is 1.48. The number of hydrogen-bond acceptors (Lipinski definition) is 4. The molecule has 0 radical (unpaired) electrons. The van der Waals surface area contributed by atoms with Crippen molar-refractivity contribution in [3.63, 3.8) is 0 Å². The standard InChI is InChI=1S/C19H20N2O3/c20-13-8-9-14-12(10-13)4-3-5-15(14)21-19(22)18-11-23-16-6-1-2-7-17(16)24-18/h1-2,6-10,15,18H,3-5,11,20H2,(H,21,22). The SMILES string of the molecule is Nc1ccc2c(c1)CCCC2NC(=O)C1COc2ccccc2O1. The number of anilines is 1. The molecule has 1 aliphatic carbocycles. The summed E-state index contributed by atoms with van der Waals surface area (Å²) in [6.45, 7) is 0.226. The van der Waals surface area contributed by atoms with Crippen molar-refractivity contribution >= 4 is 11.6 Å². The molecule has 0 saturated heterocycles. The van der Waals surface area contributed by atoms with Gasteiger partial charge in [-0.3, -0.25) is 4.79 Å². The minimum absolute atomic E-state index is 0.00243. The number of carbonyl (C=O) groups excluding carboxylic acids is 1. The van der Waals surface area contributed by atoms with Gasteiger partial charge in [0.25, 0.3) is 5.91 Å². The molecule has 24 heavy (non-hydrogen) atoms. The van der Waals surface area contributed by atoms with Crippen LogP contribution in [0.1, 0.15) is 30.0 Å². The summed E-state index contributed by atoms with van der Waals surface area (Å²) >= 11 is 0. The summed E-state index contributed by atoms with van der Waals surface area (Å²) < 4.78 is 11.4. The second-order valence-electron chi connectivity index (χ2n) is 6.28. The van der Waals surface area contributed by atoms with Crippen LogP contribution in [0.5, 0.6) is 11.5 Å². The topological polar surface area (TPSA) is 73.6 Å². The molecule has 0 saturated carbocycles. The predicted molar refractivity (Wildman–Crippen MR) is 91.0 cm³/mol. The van der Waals surface area contributed by atoms with E-state index in [9.17, 15) is 4.79 Å². The first-order chi connectivity index (χ1) is 11.7. The molecular formula is C19H20N2O3. The van der Waals surface area contributed by atoms with E-state index >= 15 is 0 Å². The largest absolute Gasteiger partial charge is 0.485 e. The number of para-hydroxylation sites is 2. The van der Waals surface area contributed by atoms with Crippen LogP contribution in [0, 0.1) is 0 Å². The zero-order valence-electron chi connectivity index (χ0n) is 13.3. The number of hydrogen-bond donors (Lipinski definition) is 2. The first-order valence-corrected chi connectivity index (χ1v) is 8.28. The Morgan fingerprint density at radius 2 is 2.00 bits per heavy atom. The lowest BCUT2D eigenvalue weighted by atomic mass is 9.87. The molecule has 3 N–H and O–H groups in total. The van der Waals surface area contributed by atoms with E-state index < -0.39 is 6.10 Å². The van der Waals surface area contributed by atoms with Crippen LogP contribution < -0.4 is 20.5 Å². The number of rotatable bonds is 2. The lowest BCUT2D eigenvalue weighted by Gasteiger charge is -2.30. The lowest BCUT2D eigenvalue weighted by Crippen LogP contribution is -2.45. The number of benzene rings is 2. The van der Waals surface area contributed by atoms with Crippen LogP contribution in [0.4, 0.5) is 5.69 Å². The van der Waals surface area contributed by atoms with Crippen LogP contribution in [0.2, 0.25) is 0 Å². The van der Waals surface area contributed by atoms with E-state index in [1.807, 2.05) is 42.5 Å².